The smallest absolute Gasteiger partial charge is 0.237 e. The van der Waals surface area contributed by atoms with E-state index in [1.165, 1.54) is 12.8 Å². The van der Waals surface area contributed by atoms with Gasteiger partial charge in [0.1, 0.15) is 0 Å². The number of nitrogens with one attached hydrogen (secondary N) is 2. The van der Waals surface area contributed by atoms with E-state index in [0.29, 0.717) is 5.41 Å². The van der Waals surface area contributed by atoms with Crippen molar-refractivity contribution in [3.8, 4) is 0 Å². The molecule has 0 spiro atoms. The Hall–Kier alpha value is -0.610. The van der Waals surface area contributed by atoms with E-state index in [1.54, 1.807) is 0 Å². The van der Waals surface area contributed by atoms with Gasteiger partial charge in [-0.05, 0) is 58.7 Å². The van der Waals surface area contributed by atoms with Gasteiger partial charge in [0, 0.05) is 12.6 Å². The van der Waals surface area contributed by atoms with Crippen molar-refractivity contribution in [2.75, 3.05) is 26.7 Å². The number of likely N-dealkylation sites (tertiary alicyclic amines) is 1. The van der Waals surface area contributed by atoms with Gasteiger partial charge in [0.25, 0.3) is 0 Å². The molecule has 4 heteroatoms. The molecule has 1 saturated heterocycles. The summed E-state index contributed by atoms with van der Waals surface area (Å²) in [6, 6.07) is 0.168. The molecule has 4 nitrogen and oxygen atoms in total. The highest BCUT2D eigenvalue weighted by molar-refractivity contribution is 5.81. The molecule has 2 atom stereocenters. The third-order valence-electron chi connectivity index (χ3n) is 4.53. The maximum absolute atomic E-state index is 12.1. The fourth-order valence-electron chi connectivity index (χ4n) is 2.70. The summed E-state index contributed by atoms with van der Waals surface area (Å²) in [5.74, 6) is 0.127. The third-order valence-corrected chi connectivity index (χ3v) is 4.53. The minimum atomic E-state index is -0.106. The number of carbonyl (C=O) groups is 1. The summed E-state index contributed by atoms with van der Waals surface area (Å²) in [4.78, 5) is 14.5. The Morgan fingerprint density at radius 1 is 1.30 bits per heavy atom. The molecule has 0 aliphatic carbocycles. The number of carbonyl (C=O) groups excluding carboxylic acids is 1. The minimum Gasteiger partial charge on any atom is -0.352 e. The summed E-state index contributed by atoms with van der Waals surface area (Å²) in [5, 5.41) is 6.50. The topological polar surface area (TPSA) is 44.4 Å². The molecule has 0 saturated carbocycles. The van der Waals surface area contributed by atoms with Crippen LogP contribution < -0.4 is 10.6 Å². The van der Waals surface area contributed by atoms with Crippen LogP contribution in [0.15, 0.2) is 0 Å². The summed E-state index contributed by atoms with van der Waals surface area (Å²) in [7, 11) is 2.18. The molecular formula is C16H33N3O. The van der Waals surface area contributed by atoms with Gasteiger partial charge in [-0.25, -0.2) is 0 Å². The molecule has 0 aromatic heterocycles. The van der Waals surface area contributed by atoms with E-state index in [4.69, 9.17) is 0 Å². The molecule has 1 aliphatic heterocycles. The van der Waals surface area contributed by atoms with E-state index in [1.807, 2.05) is 6.92 Å². The molecule has 118 valence electrons. The highest BCUT2D eigenvalue weighted by Gasteiger charge is 2.29. The Kier molecular flexibility index (Phi) is 6.96. The summed E-state index contributed by atoms with van der Waals surface area (Å²) >= 11 is 0. The monoisotopic (exact) mass is 283 g/mol. The van der Waals surface area contributed by atoms with Crippen LogP contribution in [0.3, 0.4) is 0 Å². The zero-order valence-electron chi connectivity index (χ0n) is 14.0. The van der Waals surface area contributed by atoms with Crippen LogP contribution in [0.25, 0.3) is 0 Å². The number of nitrogens with zero attached hydrogens (tertiary/aromatic N) is 1. The summed E-state index contributed by atoms with van der Waals surface area (Å²) < 4.78 is 0. The number of hydrogen-bond donors (Lipinski definition) is 2. The zero-order chi connectivity index (χ0) is 15.2. The van der Waals surface area contributed by atoms with Crippen molar-refractivity contribution in [2.45, 2.75) is 65.5 Å². The van der Waals surface area contributed by atoms with Gasteiger partial charge < -0.3 is 15.5 Å². The molecule has 2 N–H and O–H groups in total. The maximum Gasteiger partial charge on any atom is 0.237 e. The maximum atomic E-state index is 12.1. The van der Waals surface area contributed by atoms with Crippen LogP contribution in [0.5, 0.6) is 0 Å². The number of amides is 1. The van der Waals surface area contributed by atoms with Crippen molar-refractivity contribution < 1.29 is 4.79 Å². The summed E-state index contributed by atoms with van der Waals surface area (Å²) in [5.41, 5.74) is 0.329. The Labute approximate surface area is 124 Å². The average molecular weight is 283 g/mol. The van der Waals surface area contributed by atoms with Gasteiger partial charge in [-0.2, -0.15) is 0 Å². The van der Waals surface area contributed by atoms with Gasteiger partial charge in [0.05, 0.1) is 6.04 Å². The van der Waals surface area contributed by atoms with E-state index >= 15 is 0 Å². The highest BCUT2D eigenvalue weighted by Crippen LogP contribution is 2.29. The largest absolute Gasteiger partial charge is 0.352 e. The van der Waals surface area contributed by atoms with Gasteiger partial charge in [-0.3, -0.25) is 4.79 Å². The van der Waals surface area contributed by atoms with Crippen molar-refractivity contribution in [1.82, 2.24) is 15.5 Å². The van der Waals surface area contributed by atoms with E-state index in [2.05, 4.69) is 43.4 Å². The van der Waals surface area contributed by atoms with Crippen molar-refractivity contribution >= 4 is 5.91 Å². The van der Waals surface area contributed by atoms with Crippen molar-refractivity contribution in [3.05, 3.63) is 0 Å². The van der Waals surface area contributed by atoms with Crippen LogP contribution in [0.4, 0.5) is 0 Å². The number of piperidine rings is 1. The van der Waals surface area contributed by atoms with Crippen LogP contribution >= 0.6 is 0 Å². The van der Waals surface area contributed by atoms with E-state index in [0.717, 1.165) is 32.5 Å². The van der Waals surface area contributed by atoms with Crippen LogP contribution in [0, 0.1) is 5.41 Å². The second kappa shape index (κ2) is 7.99. The van der Waals surface area contributed by atoms with Crippen LogP contribution in [-0.4, -0.2) is 49.6 Å². The molecule has 1 heterocycles. The lowest BCUT2D eigenvalue weighted by molar-refractivity contribution is -0.123. The number of hydrogen-bond acceptors (Lipinski definition) is 3. The predicted molar refractivity (Wildman–Crippen MR) is 84.8 cm³/mol. The normalized spacial score (nSPS) is 22.2. The summed E-state index contributed by atoms with van der Waals surface area (Å²) in [6.07, 6.45) is 4.56. The van der Waals surface area contributed by atoms with Gasteiger partial charge in [0.2, 0.25) is 5.91 Å². The number of rotatable bonds is 7. The second-order valence-corrected chi connectivity index (χ2v) is 6.91. The highest BCUT2D eigenvalue weighted by atomic mass is 16.2. The van der Waals surface area contributed by atoms with Gasteiger partial charge in [-0.15, -0.1) is 0 Å². The average Bonchev–Trinajstić information content (AvgIpc) is 2.40. The van der Waals surface area contributed by atoms with Crippen molar-refractivity contribution in [2.24, 2.45) is 5.41 Å². The lowest BCUT2D eigenvalue weighted by atomic mass is 9.80. The van der Waals surface area contributed by atoms with Gasteiger partial charge >= 0.3 is 0 Å². The molecule has 2 unspecified atom stereocenters. The Morgan fingerprint density at radius 3 is 2.45 bits per heavy atom. The van der Waals surface area contributed by atoms with Gasteiger partial charge in [0.15, 0.2) is 0 Å². The molecule has 1 rings (SSSR count). The minimum absolute atomic E-state index is 0.106. The van der Waals surface area contributed by atoms with Crippen LogP contribution in [-0.2, 0) is 4.79 Å². The molecule has 0 bridgehead atoms. The fourth-order valence-corrected chi connectivity index (χ4v) is 2.70. The lowest BCUT2D eigenvalue weighted by Crippen LogP contribution is -2.49. The predicted octanol–water partition coefficient (Wildman–Crippen LogP) is 2.00. The quantitative estimate of drug-likeness (QED) is 0.751. The van der Waals surface area contributed by atoms with E-state index in [9.17, 15) is 4.79 Å². The van der Waals surface area contributed by atoms with Crippen molar-refractivity contribution in [1.29, 1.82) is 0 Å². The molecule has 1 aliphatic rings. The molecule has 0 aromatic carbocycles. The van der Waals surface area contributed by atoms with Crippen LogP contribution in [0.1, 0.15) is 53.4 Å². The van der Waals surface area contributed by atoms with E-state index < -0.39 is 0 Å². The zero-order valence-corrected chi connectivity index (χ0v) is 14.0. The third kappa shape index (κ3) is 5.80. The molecular weight excluding hydrogens is 250 g/mol. The first kappa shape index (κ1) is 17.4. The molecule has 0 radical (unpaired) electrons. The Morgan fingerprint density at radius 2 is 1.90 bits per heavy atom. The molecule has 0 aromatic rings. The Balaban J connectivity index is 2.31. The van der Waals surface area contributed by atoms with E-state index in [-0.39, 0.29) is 18.0 Å². The molecule has 1 amide bonds. The Bertz CT molecular complexity index is 298. The van der Waals surface area contributed by atoms with Crippen molar-refractivity contribution in [3.63, 3.8) is 0 Å². The van der Waals surface area contributed by atoms with Crippen LogP contribution in [0.2, 0.25) is 0 Å². The first-order valence-electron chi connectivity index (χ1n) is 8.08. The molecule has 1 fully saturated rings. The second-order valence-electron chi connectivity index (χ2n) is 6.91. The van der Waals surface area contributed by atoms with Gasteiger partial charge in [-0.1, -0.05) is 20.3 Å². The fraction of sp³-hybridized carbons (Fsp3) is 0.938. The summed E-state index contributed by atoms with van der Waals surface area (Å²) in [6.45, 7) is 11.8. The lowest BCUT2D eigenvalue weighted by Gasteiger charge is -2.38. The first-order chi connectivity index (χ1) is 9.36. The SMILES string of the molecule is CCCC(C)NC(=O)C(C)NCC1(C)CCN(C)CC1. The standard InChI is InChI=1S/C16H33N3O/c1-6-7-13(2)18-15(20)14(3)17-12-16(4)8-10-19(5)11-9-16/h13-14,17H,6-12H2,1-5H3,(H,18,20). The molecule has 20 heavy (non-hydrogen) atoms. The first-order valence-corrected chi connectivity index (χ1v) is 8.08.